The molecule has 0 aliphatic rings. The van der Waals surface area contributed by atoms with Crippen molar-refractivity contribution in [1.29, 1.82) is 0 Å². The van der Waals surface area contributed by atoms with Crippen LogP contribution in [0.1, 0.15) is 24.2 Å². The molecule has 2 rings (SSSR count). The molecule has 0 saturated heterocycles. The summed E-state index contributed by atoms with van der Waals surface area (Å²) in [6, 6.07) is 11.3. The smallest absolute Gasteiger partial charge is 0.219 e. The molecule has 3 heteroatoms. The number of rotatable bonds is 3. The lowest BCUT2D eigenvalue weighted by molar-refractivity contribution is 0.198. The minimum atomic E-state index is -0.504. The number of benzene rings is 1. The first kappa shape index (κ1) is 11.6. The van der Waals surface area contributed by atoms with E-state index in [1.165, 1.54) is 0 Å². The molecule has 0 aliphatic carbocycles. The SMILES string of the molecule is Cc1cccc(Oc2ccc([C@H](C)O)cn2)c1. The van der Waals surface area contributed by atoms with Crippen LogP contribution in [-0.4, -0.2) is 10.1 Å². The van der Waals surface area contributed by atoms with Crippen LogP contribution >= 0.6 is 0 Å². The standard InChI is InChI=1S/C14H15NO2/c1-10-4-3-5-13(8-10)17-14-7-6-12(9-15-14)11(2)16/h3-9,11,16H,1-2H3/t11-/m0/s1. The van der Waals surface area contributed by atoms with E-state index in [0.29, 0.717) is 5.88 Å². The topological polar surface area (TPSA) is 42.4 Å². The van der Waals surface area contributed by atoms with E-state index >= 15 is 0 Å². The average molecular weight is 229 g/mol. The average Bonchev–Trinajstić information content (AvgIpc) is 2.29. The van der Waals surface area contributed by atoms with Crippen LogP contribution in [0, 0.1) is 6.92 Å². The molecule has 0 spiro atoms. The number of aromatic nitrogens is 1. The fraction of sp³-hybridized carbons (Fsp3) is 0.214. The zero-order valence-electron chi connectivity index (χ0n) is 9.92. The van der Waals surface area contributed by atoms with E-state index in [9.17, 15) is 5.11 Å². The molecule has 0 amide bonds. The van der Waals surface area contributed by atoms with E-state index < -0.39 is 6.10 Å². The molecule has 1 aromatic carbocycles. The highest BCUT2D eigenvalue weighted by Gasteiger charge is 2.02. The summed E-state index contributed by atoms with van der Waals surface area (Å²) in [5, 5.41) is 9.36. The summed E-state index contributed by atoms with van der Waals surface area (Å²) >= 11 is 0. The Kier molecular flexibility index (Phi) is 3.40. The molecule has 17 heavy (non-hydrogen) atoms. The number of hydrogen-bond acceptors (Lipinski definition) is 3. The fourth-order valence-electron chi connectivity index (χ4n) is 1.50. The molecule has 0 fully saturated rings. The number of aryl methyl sites for hydroxylation is 1. The van der Waals surface area contributed by atoms with Gasteiger partial charge in [-0.2, -0.15) is 0 Å². The Morgan fingerprint density at radius 2 is 2.06 bits per heavy atom. The number of aliphatic hydroxyl groups excluding tert-OH is 1. The van der Waals surface area contributed by atoms with Gasteiger partial charge in [0.25, 0.3) is 0 Å². The first-order valence-electron chi connectivity index (χ1n) is 5.54. The Labute approximate surface area is 101 Å². The van der Waals surface area contributed by atoms with Crippen molar-refractivity contribution in [3.63, 3.8) is 0 Å². The summed E-state index contributed by atoms with van der Waals surface area (Å²) in [7, 11) is 0. The van der Waals surface area contributed by atoms with Gasteiger partial charge in [0.05, 0.1) is 6.10 Å². The molecule has 1 aromatic heterocycles. The maximum Gasteiger partial charge on any atom is 0.219 e. The number of ether oxygens (including phenoxy) is 1. The van der Waals surface area contributed by atoms with E-state index in [2.05, 4.69) is 4.98 Å². The second kappa shape index (κ2) is 4.97. The first-order chi connectivity index (χ1) is 8.15. The van der Waals surface area contributed by atoms with Gasteiger partial charge >= 0.3 is 0 Å². The lowest BCUT2D eigenvalue weighted by atomic mass is 10.2. The van der Waals surface area contributed by atoms with Gasteiger partial charge in [0.1, 0.15) is 5.75 Å². The molecular formula is C14H15NO2. The molecule has 88 valence electrons. The van der Waals surface area contributed by atoms with E-state index in [-0.39, 0.29) is 0 Å². The summed E-state index contributed by atoms with van der Waals surface area (Å²) in [4.78, 5) is 4.14. The van der Waals surface area contributed by atoms with Crippen molar-refractivity contribution in [2.45, 2.75) is 20.0 Å². The number of hydrogen-bond donors (Lipinski definition) is 1. The minimum Gasteiger partial charge on any atom is -0.439 e. The van der Waals surface area contributed by atoms with Crippen molar-refractivity contribution in [2.75, 3.05) is 0 Å². The van der Waals surface area contributed by atoms with Crippen LogP contribution in [0.2, 0.25) is 0 Å². The molecular weight excluding hydrogens is 214 g/mol. The molecule has 0 radical (unpaired) electrons. The van der Waals surface area contributed by atoms with Crippen LogP contribution in [0.25, 0.3) is 0 Å². The fourth-order valence-corrected chi connectivity index (χ4v) is 1.50. The maximum absolute atomic E-state index is 9.36. The van der Waals surface area contributed by atoms with Crippen molar-refractivity contribution in [3.05, 3.63) is 53.7 Å². The highest BCUT2D eigenvalue weighted by molar-refractivity contribution is 5.31. The highest BCUT2D eigenvalue weighted by atomic mass is 16.5. The predicted molar refractivity (Wildman–Crippen MR) is 66.1 cm³/mol. The normalized spacial score (nSPS) is 12.2. The molecule has 0 aliphatic heterocycles. The summed E-state index contributed by atoms with van der Waals surface area (Å²) in [5.74, 6) is 1.29. The van der Waals surface area contributed by atoms with Crippen LogP contribution in [-0.2, 0) is 0 Å². The predicted octanol–water partition coefficient (Wildman–Crippen LogP) is 3.24. The third-order valence-corrected chi connectivity index (χ3v) is 2.45. The van der Waals surface area contributed by atoms with E-state index in [1.54, 1.807) is 19.2 Å². The number of pyridine rings is 1. The minimum absolute atomic E-state index is 0.504. The van der Waals surface area contributed by atoms with Gasteiger partial charge in [-0.05, 0) is 43.2 Å². The van der Waals surface area contributed by atoms with Crippen molar-refractivity contribution >= 4 is 0 Å². The molecule has 0 bridgehead atoms. The van der Waals surface area contributed by atoms with Crippen molar-refractivity contribution < 1.29 is 9.84 Å². The molecule has 1 heterocycles. The van der Waals surface area contributed by atoms with E-state index in [4.69, 9.17) is 4.74 Å². The third-order valence-electron chi connectivity index (χ3n) is 2.45. The van der Waals surface area contributed by atoms with Gasteiger partial charge < -0.3 is 9.84 Å². The Bertz CT molecular complexity index is 492. The van der Waals surface area contributed by atoms with Gasteiger partial charge in [0.15, 0.2) is 0 Å². The van der Waals surface area contributed by atoms with Crippen molar-refractivity contribution in [1.82, 2.24) is 4.98 Å². The summed E-state index contributed by atoms with van der Waals surface area (Å²) in [5.41, 5.74) is 1.92. The van der Waals surface area contributed by atoms with Gasteiger partial charge in [0.2, 0.25) is 5.88 Å². The van der Waals surface area contributed by atoms with E-state index in [1.807, 2.05) is 37.3 Å². The number of nitrogens with zero attached hydrogens (tertiary/aromatic N) is 1. The molecule has 0 unspecified atom stereocenters. The zero-order chi connectivity index (χ0) is 12.3. The quantitative estimate of drug-likeness (QED) is 0.878. The van der Waals surface area contributed by atoms with Crippen LogP contribution in [0.15, 0.2) is 42.6 Å². The van der Waals surface area contributed by atoms with Crippen LogP contribution in [0.3, 0.4) is 0 Å². The lowest BCUT2D eigenvalue weighted by Crippen LogP contribution is -1.93. The first-order valence-corrected chi connectivity index (χ1v) is 5.54. The lowest BCUT2D eigenvalue weighted by Gasteiger charge is -2.07. The van der Waals surface area contributed by atoms with Gasteiger partial charge in [-0.15, -0.1) is 0 Å². The van der Waals surface area contributed by atoms with Gasteiger partial charge in [-0.3, -0.25) is 0 Å². The second-order valence-corrected chi connectivity index (χ2v) is 4.02. The molecule has 0 saturated carbocycles. The largest absolute Gasteiger partial charge is 0.439 e. The molecule has 1 N–H and O–H groups in total. The maximum atomic E-state index is 9.36. The zero-order valence-corrected chi connectivity index (χ0v) is 9.92. The molecule has 1 atom stereocenters. The molecule has 2 aromatic rings. The molecule has 3 nitrogen and oxygen atoms in total. The Balaban J connectivity index is 2.14. The summed E-state index contributed by atoms with van der Waals surface area (Å²) in [6.07, 6.45) is 1.12. The van der Waals surface area contributed by atoms with Crippen LogP contribution in [0.4, 0.5) is 0 Å². The van der Waals surface area contributed by atoms with Crippen molar-refractivity contribution in [3.8, 4) is 11.6 Å². The van der Waals surface area contributed by atoms with Crippen molar-refractivity contribution in [2.24, 2.45) is 0 Å². The monoisotopic (exact) mass is 229 g/mol. The number of aliphatic hydroxyl groups is 1. The Morgan fingerprint density at radius 1 is 1.24 bits per heavy atom. The van der Waals surface area contributed by atoms with Crippen LogP contribution < -0.4 is 4.74 Å². The highest BCUT2D eigenvalue weighted by Crippen LogP contribution is 2.21. The van der Waals surface area contributed by atoms with Gasteiger partial charge in [-0.1, -0.05) is 12.1 Å². The Morgan fingerprint density at radius 3 is 2.65 bits per heavy atom. The van der Waals surface area contributed by atoms with E-state index in [0.717, 1.165) is 16.9 Å². The third kappa shape index (κ3) is 3.04. The second-order valence-electron chi connectivity index (χ2n) is 4.02. The Hall–Kier alpha value is -1.87. The van der Waals surface area contributed by atoms with Gasteiger partial charge in [0, 0.05) is 12.3 Å². The summed E-state index contributed by atoms with van der Waals surface area (Å²) in [6.45, 7) is 3.72. The van der Waals surface area contributed by atoms with Crippen LogP contribution in [0.5, 0.6) is 11.6 Å². The van der Waals surface area contributed by atoms with Gasteiger partial charge in [-0.25, -0.2) is 4.98 Å². The summed E-state index contributed by atoms with van der Waals surface area (Å²) < 4.78 is 5.60.